The Hall–Kier alpha value is -2.61. The Morgan fingerprint density at radius 1 is 1.03 bits per heavy atom. The first-order valence-corrected chi connectivity index (χ1v) is 11.1. The van der Waals surface area contributed by atoms with Crippen LogP contribution >= 0.6 is 0 Å². The number of hydrogen-bond acceptors (Lipinski definition) is 5. The largest absolute Gasteiger partial charge is 0.484 e. The normalized spacial score (nSPS) is 15.5. The molecule has 0 bridgehead atoms. The third-order valence-corrected chi connectivity index (χ3v) is 5.52. The Kier molecular flexibility index (Phi) is 9.78. The number of para-hydroxylation sites is 1. The average Bonchev–Trinajstić information content (AvgIpc) is 2.77. The summed E-state index contributed by atoms with van der Waals surface area (Å²) in [6, 6.07) is 8.51. The van der Waals surface area contributed by atoms with Gasteiger partial charge in [-0.2, -0.15) is 0 Å². The van der Waals surface area contributed by atoms with E-state index in [2.05, 4.69) is 10.2 Å². The number of rotatable bonds is 10. The van der Waals surface area contributed by atoms with Gasteiger partial charge in [0.2, 0.25) is 11.8 Å². The first-order chi connectivity index (χ1) is 14.8. The van der Waals surface area contributed by atoms with Crippen molar-refractivity contribution in [2.24, 2.45) is 5.92 Å². The summed E-state index contributed by atoms with van der Waals surface area (Å²) in [7, 11) is 0. The maximum absolute atomic E-state index is 13.1. The summed E-state index contributed by atoms with van der Waals surface area (Å²) >= 11 is 0. The van der Waals surface area contributed by atoms with E-state index in [0.29, 0.717) is 51.6 Å². The van der Waals surface area contributed by atoms with Crippen LogP contribution in [0, 0.1) is 5.92 Å². The van der Waals surface area contributed by atoms with E-state index in [1.54, 1.807) is 17.0 Å². The highest BCUT2D eigenvalue weighted by Crippen LogP contribution is 2.11. The topological polar surface area (TPSA) is 82.2 Å². The number of nitrogens with zero attached hydrogens (tertiary/aromatic N) is 3. The minimum atomic E-state index is -0.601. The number of amides is 3. The molecule has 172 valence electrons. The zero-order valence-electron chi connectivity index (χ0n) is 19.2. The number of hydrogen-bond donors (Lipinski definition) is 1. The fourth-order valence-electron chi connectivity index (χ4n) is 3.58. The molecule has 1 aromatic carbocycles. The van der Waals surface area contributed by atoms with Crippen LogP contribution in [0.1, 0.15) is 27.7 Å². The molecule has 1 aliphatic rings. The van der Waals surface area contributed by atoms with Crippen molar-refractivity contribution < 1.29 is 19.1 Å². The fraction of sp³-hybridized carbons (Fsp3) is 0.609. The molecule has 1 saturated heterocycles. The molecule has 1 aliphatic heterocycles. The molecule has 0 radical (unpaired) electrons. The van der Waals surface area contributed by atoms with Crippen LogP contribution in [0.15, 0.2) is 30.3 Å². The summed E-state index contributed by atoms with van der Waals surface area (Å²) in [4.78, 5) is 43.4. The van der Waals surface area contributed by atoms with Gasteiger partial charge in [0, 0.05) is 39.3 Å². The second-order valence-electron chi connectivity index (χ2n) is 8.06. The minimum Gasteiger partial charge on any atom is -0.484 e. The predicted molar refractivity (Wildman–Crippen MR) is 120 cm³/mol. The SMILES string of the molecule is CCN(CC)C(=O)CN1CCN(C(=O)C(NC(=O)COc2ccccc2)C(C)C)CC1. The maximum atomic E-state index is 13.1. The number of ether oxygens (including phenoxy) is 1. The van der Waals surface area contributed by atoms with Gasteiger partial charge in [0.15, 0.2) is 6.61 Å². The Bertz CT molecular complexity index is 714. The van der Waals surface area contributed by atoms with Gasteiger partial charge in [0.1, 0.15) is 11.8 Å². The molecule has 31 heavy (non-hydrogen) atoms. The Morgan fingerprint density at radius 3 is 2.19 bits per heavy atom. The number of carbonyl (C=O) groups is 3. The number of nitrogens with one attached hydrogen (secondary N) is 1. The van der Waals surface area contributed by atoms with Crippen molar-refractivity contribution in [2.45, 2.75) is 33.7 Å². The van der Waals surface area contributed by atoms with E-state index in [0.717, 1.165) is 0 Å². The van der Waals surface area contributed by atoms with Crippen molar-refractivity contribution in [2.75, 3.05) is 52.4 Å². The highest BCUT2D eigenvalue weighted by atomic mass is 16.5. The van der Waals surface area contributed by atoms with Gasteiger partial charge in [-0.15, -0.1) is 0 Å². The lowest BCUT2D eigenvalue weighted by atomic mass is 10.0. The molecule has 1 heterocycles. The third-order valence-electron chi connectivity index (χ3n) is 5.52. The average molecular weight is 433 g/mol. The first-order valence-electron chi connectivity index (χ1n) is 11.1. The van der Waals surface area contributed by atoms with Crippen LogP contribution in [0.3, 0.4) is 0 Å². The smallest absolute Gasteiger partial charge is 0.258 e. The lowest BCUT2D eigenvalue weighted by Crippen LogP contribution is -2.57. The van der Waals surface area contributed by atoms with Crippen molar-refractivity contribution in [1.82, 2.24) is 20.0 Å². The van der Waals surface area contributed by atoms with E-state index in [1.165, 1.54) is 0 Å². The van der Waals surface area contributed by atoms with E-state index in [4.69, 9.17) is 4.74 Å². The Balaban J connectivity index is 1.83. The van der Waals surface area contributed by atoms with E-state index < -0.39 is 6.04 Å². The quantitative estimate of drug-likeness (QED) is 0.601. The second kappa shape index (κ2) is 12.3. The lowest BCUT2D eigenvalue weighted by molar-refractivity contribution is -0.140. The van der Waals surface area contributed by atoms with Gasteiger partial charge < -0.3 is 19.9 Å². The van der Waals surface area contributed by atoms with Crippen LogP contribution < -0.4 is 10.1 Å². The molecule has 1 aromatic rings. The van der Waals surface area contributed by atoms with E-state index in [1.807, 2.05) is 50.8 Å². The zero-order chi connectivity index (χ0) is 22.8. The fourth-order valence-corrected chi connectivity index (χ4v) is 3.58. The molecule has 0 aromatic heterocycles. The molecule has 1 atom stereocenters. The highest BCUT2D eigenvalue weighted by molar-refractivity contribution is 5.88. The van der Waals surface area contributed by atoms with E-state index in [9.17, 15) is 14.4 Å². The minimum absolute atomic E-state index is 0.0459. The molecule has 8 heteroatoms. The van der Waals surface area contributed by atoms with Crippen molar-refractivity contribution in [3.8, 4) is 5.75 Å². The predicted octanol–water partition coefficient (Wildman–Crippen LogP) is 1.22. The molecule has 2 rings (SSSR count). The van der Waals surface area contributed by atoms with Gasteiger partial charge in [-0.3, -0.25) is 19.3 Å². The molecule has 0 saturated carbocycles. The van der Waals surface area contributed by atoms with Crippen LogP contribution in [0.2, 0.25) is 0 Å². The van der Waals surface area contributed by atoms with Crippen molar-refractivity contribution >= 4 is 17.7 Å². The number of carbonyl (C=O) groups excluding carboxylic acids is 3. The summed E-state index contributed by atoms with van der Waals surface area (Å²) in [5, 5.41) is 2.83. The summed E-state index contributed by atoms with van der Waals surface area (Å²) in [5.41, 5.74) is 0. The number of benzene rings is 1. The summed E-state index contributed by atoms with van der Waals surface area (Å²) in [6.07, 6.45) is 0. The molecule has 1 unspecified atom stereocenters. The highest BCUT2D eigenvalue weighted by Gasteiger charge is 2.31. The molecule has 8 nitrogen and oxygen atoms in total. The van der Waals surface area contributed by atoms with Gasteiger partial charge in [-0.25, -0.2) is 0 Å². The zero-order valence-corrected chi connectivity index (χ0v) is 19.2. The van der Waals surface area contributed by atoms with Crippen molar-refractivity contribution in [1.29, 1.82) is 0 Å². The van der Waals surface area contributed by atoms with Crippen molar-refractivity contribution in [3.05, 3.63) is 30.3 Å². The molecule has 3 amide bonds. The molecule has 0 spiro atoms. The molecular weight excluding hydrogens is 396 g/mol. The van der Waals surface area contributed by atoms with E-state index in [-0.39, 0.29) is 30.2 Å². The molecule has 0 aliphatic carbocycles. The standard InChI is InChI=1S/C23H36N4O4/c1-5-26(6-2)21(29)16-25-12-14-27(15-13-25)23(30)22(18(3)4)24-20(28)17-31-19-10-8-7-9-11-19/h7-11,18,22H,5-6,12-17H2,1-4H3,(H,24,28). The van der Waals surface area contributed by atoms with Crippen LogP contribution in [0.25, 0.3) is 0 Å². The number of piperazine rings is 1. The van der Waals surface area contributed by atoms with Gasteiger partial charge in [-0.1, -0.05) is 32.0 Å². The maximum Gasteiger partial charge on any atom is 0.258 e. The van der Waals surface area contributed by atoms with Crippen molar-refractivity contribution in [3.63, 3.8) is 0 Å². The van der Waals surface area contributed by atoms with Crippen LogP contribution in [-0.4, -0.2) is 90.9 Å². The Morgan fingerprint density at radius 2 is 1.65 bits per heavy atom. The van der Waals surface area contributed by atoms with Crippen LogP contribution in [0.5, 0.6) is 5.75 Å². The van der Waals surface area contributed by atoms with Gasteiger partial charge in [-0.05, 0) is 31.9 Å². The molecule has 1 fully saturated rings. The van der Waals surface area contributed by atoms with Crippen LogP contribution in [0.4, 0.5) is 0 Å². The van der Waals surface area contributed by atoms with Gasteiger partial charge >= 0.3 is 0 Å². The number of likely N-dealkylation sites (N-methyl/N-ethyl adjacent to an activating group) is 1. The van der Waals surface area contributed by atoms with Gasteiger partial charge in [0.25, 0.3) is 5.91 Å². The van der Waals surface area contributed by atoms with Gasteiger partial charge in [0.05, 0.1) is 6.54 Å². The Labute approximate surface area is 185 Å². The summed E-state index contributed by atoms with van der Waals surface area (Å²) < 4.78 is 5.48. The monoisotopic (exact) mass is 432 g/mol. The first kappa shape index (κ1) is 24.7. The van der Waals surface area contributed by atoms with E-state index >= 15 is 0 Å². The third kappa shape index (κ3) is 7.54. The summed E-state index contributed by atoms with van der Waals surface area (Å²) in [5.74, 6) is 0.281. The molecule has 1 N–H and O–H groups in total. The summed E-state index contributed by atoms with van der Waals surface area (Å²) in [6.45, 7) is 11.8. The second-order valence-corrected chi connectivity index (χ2v) is 8.06. The lowest BCUT2D eigenvalue weighted by Gasteiger charge is -2.37. The molecular formula is C23H36N4O4. The van der Waals surface area contributed by atoms with Crippen LogP contribution in [-0.2, 0) is 14.4 Å².